The summed E-state index contributed by atoms with van der Waals surface area (Å²) in [7, 11) is -2.02. The molecule has 0 radical (unpaired) electrons. The number of benzene rings is 2. The van der Waals surface area contributed by atoms with Crippen LogP contribution >= 0.6 is 11.3 Å². The van der Waals surface area contributed by atoms with Gasteiger partial charge in [-0.1, -0.05) is 36.8 Å². The molecule has 2 aromatic carbocycles. The third kappa shape index (κ3) is 5.43. The zero-order valence-corrected chi connectivity index (χ0v) is 20.8. The molecular formula is C24H29N3O4S2. The number of fused-ring (bicyclic) bond motifs is 1. The van der Waals surface area contributed by atoms with E-state index in [1.54, 1.807) is 13.1 Å². The number of allylic oxidation sites excluding steroid dienone is 1. The van der Waals surface area contributed by atoms with E-state index >= 15 is 0 Å². The van der Waals surface area contributed by atoms with E-state index in [4.69, 9.17) is 4.74 Å². The van der Waals surface area contributed by atoms with Crippen LogP contribution in [0.2, 0.25) is 0 Å². The first-order chi connectivity index (χ1) is 15.8. The van der Waals surface area contributed by atoms with Crippen LogP contribution in [-0.4, -0.2) is 43.4 Å². The molecule has 0 bridgehead atoms. The van der Waals surface area contributed by atoms with Crippen molar-refractivity contribution in [2.75, 3.05) is 20.2 Å². The molecule has 0 unspecified atom stereocenters. The van der Waals surface area contributed by atoms with Gasteiger partial charge in [-0.25, -0.2) is 12.7 Å². The fourth-order valence-corrected chi connectivity index (χ4v) is 5.62. The minimum absolute atomic E-state index is 0.155. The van der Waals surface area contributed by atoms with Gasteiger partial charge in [-0.3, -0.25) is 4.79 Å². The Balaban J connectivity index is 1.96. The highest BCUT2D eigenvalue weighted by Crippen LogP contribution is 2.27. The van der Waals surface area contributed by atoms with E-state index in [-0.39, 0.29) is 4.90 Å². The van der Waals surface area contributed by atoms with Crippen molar-refractivity contribution in [1.82, 2.24) is 8.87 Å². The Kier molecular flexibility index (Phi) is 8.23. The van der Waals surface area contributed by atoms with Crippen LogP contribution in [0.3, 0.4) is 0 Å². The molecule has 3 rings (SSSR count). The predicted octanol–water partition coefficient (Wildman–Crippen LogP) is 4.45. The molecule has 0 atom stereocenters. The second-order valence-electron chi connectivity index (χ2n) is 7.44. The lowest BCUT2D eigenvalue weighted by Crippen LogP contribution is -2.27. The third-order valence-electron chi connectivity index (χ3n) is 5.11. The van der Waals surface area contributed by atoms with Crippen molar-refractivity contribution in [2.45, 2.75) is 38.1 Å². The molecule has 0 N–H and O–H groups in total. The van der Waals surface area contributed by atoms with Crippen molar-refractivity contribution in [3.8, 4) is 5.75 Å². The number of carbonyl (C=O) groups excluding carboxylic acids is 1. The van der Waals surface area contributed by atoms with Crippen molar-refractivity contribution in [1.29, 1.82) is 0 Å². The molecular weight excluding hydrogens is 458 g/mol. The maximum atomic E-state index is 12.9. The van der Waals surface area contributed by atoms with Crippen LogP contribution in [0.1, 0.15) is 37.0 Å². The number of rotatable bonds is 10. The number of sulfonamides is 1. The average molecular weight is 488 g/mol. The summed E-state index contributed by atoms with van der Waals surface area (Å²) >= 11 is 1.39. The van der Waals surface area contributed by atoms with Gasteiger partial charge in [-0.15, -0.1) is 6.58 Å². The number of carbonyl (C=O) groups is 1. The van der Waals surface area contributed by atoms with E-state index < -0.39 is 15.9 Å². The van der Waals surface area contributed by atoms with Crippen molar-refractivity contribution >= 4 is 37.5 Å². The summed E-state index contributed by atoms with van der Waals surface area (Å²) in [6, 6.07) is 11.7. The van der Waals surface area contributed by atoms with Crippen molar-refractivity contribution in [3.63, 3.8) is 0 Å². The number of thiazole rings is 1. The number of nitrogens with zero attached hydrogens (tertiary/aromatic N) is 3. The summed E-state index contributed by atoms with van der Waals surface area (Å²) in [5.74, 6) is 0.282. The van der Waals surface area contributed by atoms with Crippen LogP contribution in [0.25, 0.3) is 10.2 Å². The van der Waals surface area contributed by atoms with Gasteiger partial charge in [-0.2, -0.15) is 4.99 Å². The highest BCUT2D eigenvalue weighted by Gasteiger charge is 2.20. The Morgan fingerprint density at radius 1 is 1.21 bits per heavy atom. The van der Waals surface area contributed by atoms with Gasteiger partial charge in [0.25, 0.3) is 5.91 Å². The molecule has 1 amide bonds. The Morgan fingerprint density at radius 2 is 1.94 bits per heavy atom. The quantitative estimate of drug-likeness (QED) is 0.396. The zero-order chi connectivity index (χ0) is 24.0. The molecule has 0 saturated carbocycles. The lowest BCUT2D eigenvalue weighted by atomic mass is 10.2. The highest BCUT2D eigenvalue weighted by atomic mass is 32.2. The summed E-state index contributed by atoms with van der Waals surface area (Å²) < 4.78 is 35.4. The molecule has 1 aromatic heterocycles. The monoisotopic (exact) mass is 487 g/mol. The summed E-state index contributed by atoms with van der Waals surface area (Å²) in [6.07, 6.45) is 3.44. The lowest BCUT2D eigenvalue weighted by molar-refractivity contribution is 0.0997. The summed E-state index contributed by atoms with van der Waals surface area (Å²) in [4.78, 5) is 17.9. The summed E-state index contributed by atoms with van der Waals surface area (Å²) in [5, 5.41) is 0. The van der Waals surface area contributed by atoms with E-state index in [1.807, 2.05) is 36.6 Å². The maximum absolute atomic E-state index is 12.9. The topological polar surface area (TPSA) is 81.0 Å². The first kappa shape index (κ1) is 24.9. The van der Waals surface area contributed by atoms with Gasteiger partial charge in [-0.05, 0) is 49.7 Å². The molecule has 9 heteroatoms. The van der Waals surface area contributed by atoms with Crippen molar-refractivity contribution in [3.05, 3.63) is 65.5 Å². The molecule has 7 nitrogen and oxygen atoms in total. The van der Waals surface area contributed by atoms with Gasteiger partial charge in [0.15, 0.2) is 4.80 Å². The van der Waals surface area contributed by atoms with Gasteiger partial charge in [0.1, 0.15) is 11.3 Å². The zero-order valence-electron chi connectivity index (χ0n) is 19.2. The number of ether oxygens (including phenoxy) is 1. The van der Waals surface area contributed by atoms with E-state index in [1.165, 1.54) is 39.9 Å². The number of para-hydroxylation sites is 1. The maximum Gasteiger partial charge on any atom is 0.279 e. The SMILES string of the molecule is C=CCn1c(=NC(=O)c2ccc(S(=O)(=O)N(C)CCCC)cc2)sc2cccc(OCC)c21. The van der Waals surface area contributed by atoms with Gasteiger partial charge in [0.05, 0.1) is 16.2 Å². The normalized spacial score (nSPS) is 12.4. The van der Waals surface area contributed by atoms with Crippen LogP contribution in [0.5, 0.6) is 5.75 Å². The van der Waals surface area contributed by atoms with Gasteiger partial charge in [0.2, 0.25) is 10.0 Å². The molecule has 0 aliphatic rings. The summed E-state index contributed by atoms with van der Waals surface area (Å²) in [6.45, 7) is 9.20. The fourth-order valence-electron chi connectivity index (χ4n) is 3.36. The van der Waals surface area contributed by atoms with Crippen LogP contribution in [0.15, 0.2) is 65.0 Å². The van der Waals surface area contributed by atoms with Gasteiger partial charge < -0.3 is 9.30 Å². The molecule has 1 heterocycles. The van der Waals surface area contributed by atoms with E-state index in [0.717, 1.165) is 28.8 Å². The standard InChI is InChI=1S/C24H29N3O4S2/c1-5-8-17-26(4)33(29,30)19-14-12-18(13-15-19)23(28)25-24-27(16-6-2)22-20(31-7-3)10-9-11-21(22)32-24/h6,9-15H,2,5,7-8,16-17H2,1,3-4H3. The Bertz CT molecular complexity index is 1310. The second-order valence-corrected chi connectivity index (χ2v) is 10.5. The first-order valence-electron chi connectivity index (χ1n) is 10.8. The number of amides is 1. The molecule has 0 fully saturated rings. The second kappa shape index (κ2) is 10.9. The fraction of sp³-hybridized carbons (Fsp3) is 0.333. The Labute approximate surface area is 198 Å². The molecule has 0 aliphatic heterocycles. The number of aromatic nitrogens is 1. The Morgan fingerprint density at radius 3 is 2.58 bits per heavy atom. The largest absolute Gasteiger partial charge is 0.492 e. The van der Waals surface area contributed by atoms with Crippen molar-refractivity contribution in [2.24, 2.45) is 4.99 Å². The number of hydrogen-bond acceptors (Lipinski definition) is 5. The van der Waals surface area contributed by atoms with E-state index in [0.29, 0.717) is 30.1 Å². The van der Waals surface area contributed by atoms with E-state index in [2.05, 4.69) is 11.6 Å². The number of unbranched alkanes of at least 4 members (excludes halogenated alkanes) is 1. The van der Waals surface area contributed by atoms with Gasteiger partial charge >= 0.3 is 0 Å². The molecule has 33 heavy (non-hydrogen) atoms. The van der Waals surface area contributed by atoms with Crippen molar-refractivity contribution < 1.29 is 17.9 Å². The highest BCUT2D eigenvalue weighted by molar-refractivity contribution is 7.89. The van der Waals surface area contributed by atoms with Gasteiger partial charge in [0, 0.05) is 25.7 Å². The average Bonchev–Trinajstić information content (AvgIpc) is 3.15. The van der Waals surface area contributed by atoms with Crippen LogP contribution in [-0.2, 0) is 16.6 Å². The smallest absolute Gasteiger partial charge is 0.279 e. The molecule has 0 aliphatic carbocycles. The minimum Gasteiger partial charge on any atom is -0.492 e. The molecule has 176 valence electrons. The predicted molar refractivity (Wildman–Crippen MR) is 132 cm³/mol. The lowest BCUT2D eigenvalue weighted by Gasteiger charge is -2.16. The third-order valence-corrected chi connectivity index (χ3v) is 8.02. The number of hydrogen-bond donors (Lipinski definition) is 0. The first-order valence-corrected chi connectivity index (χ1v) is 13.1. The minimum atomic E-state index is -3.59. The van der Waals surface area contributed by atoms with Crippen LogP contribution in [0.4, 0.5) is 0 Å². The Hall–Kier alpha value is -2.75. The molecule has 0 saturated heterocycles. The van der Waals surface area contributed by atoms with Crippen LogP contribution in [0, 0.1) is 0 Å². The van der Waals surface area contributed by atoms with Crippen LogP contribution < -0.4 is 9.54 Å². The molecule has 3 aromatic rings. The van der Waals surface area contributed by atoms with E-state index in [9.17, 15) is 13.2 Å². The summed E-state index contributed by atoms with van der Waals surface area (Å²) in [5.41, 5.74) is 1.19. The molecule has 0 spiro atoms.